The van der Waals surface area contributed by atoms with Crippen LogP contribution in [0.4, 0.5) is 0 Å². The third-order valence-electron chi connectivity index (χ3n) is 1.27. The molecular formula is C9H9N3O. The molecule has 0 saturated heterocycles. The summed E-state index contributed by atoms with van der Waals surface area (Å²) in [7, 11) is 0. The van der Waals surface area contributed by atoms with Crippen LogP contribution in [-0.2, 0) is 0 Å². The fourth-order valence-electron chi connectivity index (χ4n) is 0.698. The molecule has 4 heteroatoms. The van der Waals surface area contributed by atoms with Gasteiger partial charge < -0.3 is 0 Å². The van der Waals surface area contributed by atoms with Crippen LogP contribution in [0.5, 0.6) is 0 Å². The number of carbonyl (C=O) groups is 1. The molecule has 1 aromatic carbocycles. The fraction of sp³-hybridized carbons (Fsp3) is 0. The zero-order valence-electron chi connectivity index (χ0n) is 6.92. The smallest absolute Gasteiger partial charge is 0.150 e. The second-order valence-electron chi connectivity index (χ2n) is 2.18. The Morgan fingerprint density at radius 2 is 2.00 bits per heavy atom. The Balaban J connectivity index is 0.000000145. The van der Waals surface area contributed by atoms with Crippen LogP contribution in [0.1, 0.15) is 10.4 Å². The highest BCUT2D eigenvalue weighted by Crippen LogP contribution is 1.91. The molecule has 1 N–H and O–H groups in total. The number of nitrogens with zero attached hydrogens (tertiary/aromatic N) is 2. The minimum Gasteiger partial charge on any atom is -0.298 e. The van der Waals surface area contributed by atoms with Crippen LogP contribution in [0.15, 0.2) is 43.0 Å². The molecule has 0 saturated carbocycles. The van der Waals surface area contributed by atoms with Gasteiger partial charge in [-0.2, -0.15) is 5.10 Å². The van der Waals surface area contributed by atoms with E-state index in [1.807, 2.05) is 18.2 Å². The summed E-state index contributed by atoms with van der Waals surface area (Å²) in [4.78, 5) is 13.6. The third-order valence-corrected chi connectivity index (χ3v) is 1.27. The van der Waals surface area contributed by atoms with Crippen LogP contribution >= 0.6 is 0 Å². The quantitative estimate of drug-likeness (QED) is 0.664. The van der Waals surface area contributed by atoms with Gasteiger partial charge in [0, 0.05) is 5.56 Å². The summed E-state index contributed by atoms with van der Waals surface area (Å²) in [6.07, 6.45) is 3.79. The molecule has 0 spiro atoms. The van der Waals surface area contributed by atoms with E-state index >= 15 is 0 Å². The van der Waals surface area contributed by atoms with E-state index in [2.05, 4.69) is 15.2 Å². The normalized spacial score (nSPS) is 8.31. The maximum Gasteiger partial charge on any atom is 0.150 e. The highest BCUT2D eigenvalue weighted by atomic mass is 16.1. The first kappa shape index (κ1) is 9.12. The summed E-state index contributed by atoms with van der Waals surface area (Å²) in [5.74, 6) is 0. The zero-order chi connectivity index (χ0) is 9.36. The minimum atomic E-state index is 0.729. The highest BCUT2D eigenvalue weighted by Gasteiger charge is 1.79. The molecule has 1 aromatic heterocycles. The molecule has 0 fully saturated rings. The van der Waals surface area contributed by atoms with E-state index in [0.29, 0.717) is 0 Å². The van der Waals surface area contributed by atoms with Gasteiger partial charge in [0.05, 0.1) is 0 Å². The number of aromatic amines is 1. The number of carbonyl (C=O) groups excluding carboxylic acids is 1. The summed E-state index contributed by atoms with van der Waals surface area (Å²) in [6, 6.07) is 9.10. The van der Waals surface area contributed by atoms with Crippen molar-refractivity contribution in [2.75, 3.05) is 0 Å². The average molecular weight is 175 g/mol. The van der Waals surface area contributed by atoms with E-state index in [-0.39, 0.29) is 0 Å². The lowest BCUT2D eigenvalue weighted by Crippen LogP contribution is -1.73. The van der Waals surface area contributed by atoms with Crippen LogP contribution in [-0.4, -0.2) is 21.5 Å². The molecular weight excluding hydrogens is 166 g/mol. The summed E-state index contributed by atoms with van der Waals surface area (Å²) in [5.41, 5.74) is 0.729. The summed E-state index contributed by atoms with van der Waals surface area (Å²) in [6.45, 7) is 0. The Morgan fingerprint density at radius 3 is 2.31 bits per heavy atom. The molecule has 4 nitrogen and oxygen atoms in total. The molecule has 0 atom stereocenters. The van der Waals surface area contributed by atoms with Gasteiger partial charge in [0.15, 0.2) is 0 Å². The maximum atomic E-state index is 10.0. The lowest BCUT2D eigenvalue weighted by Gasteiger charge is -1.81. The Labute approximate surface area is 75.6 Å². The first-order valence-corrected chi connectivity index (χ1v) is 3.72. The maximum absolute atomic E-state index is 10.0. The number of hydrogen-bond donors (Lipinski definition) is 1. The molecule has 0 aliphatic carbocycles. The van der Waals surface area contributed by atoms with Gasteiger partial charge in [0.1, 0.15) is 18.9 Å². The monoisotopic (exact) mass is 175 g/mol. The van der Waals surface area contributed by atoms with Gasteiger partial charge in [-0.1, -0.05) is 30.3 Å². The van der Waals surface area contributed by atoms with Crippen LogP contribution in [0.2, 0.25) is 0 Å². The number of nitrogens with one attached hydrogen (secondary N) is 1. The van der Waals surface area contributed by atoms with Gasteiger partial charge >= 0.3 is 0 Å². The predicted molar refractivity (Wildman–Crippen MR) is 48.2 cm³/mol. The van der Waals surface area contributed by atoms with Gasteiger partial charge in [-0.25, -0.2) is 4.98 Å². The van der Waals surface area contributed by atoms with Crippen molar-refractivity contribution in [3.05, 3.63) is 48.5 Å². The molecule has 0 radical (unpaired) electrons. The number of hydrogen-bond acceptors (Lipinski definition) is 3. The Bertz CT molecular complexity index is 301. The van der Waals surface area contributed by atoms with Gasteiger partial charge in [0.2, 0.25) is 0 Å². The van der Waals surface area contributed by atoms with Gasteiger partial charge in [0.25, 0.3) is 0 Å². The zero-order valence-corrected chi connectivity index (χ0v) is 6.92. The lowest BCUT2D eigenvalue weighted by molar-refractivity contribution is 0.112. The van der Waals surface area contributed by atoms with Crippen LogP contribution < -0.4 is 0 Å². The molecule has 0 unspecified atom stereocenters. The summed E-state index contributed by atoms with van der Waals surface area (Å²) < 4.78 is 0. The first-order valence-electron chi connectivity index (χ1n) is 3.72. The fourth-order valence-corrected chi connectivity index (χ4v) is 0.698. The van der Waals surface area contributed by atoms with Gasteiger partial charge in [-0.05, 0) is 0 Å². The number of aromatic nitrogens is 3. The SMILES string of the molecule is O=Cc1ccccc1.c1nc[nH]n1. The van der Waals surface area contributed by atoms with Crippen molar-refractivity contribution in [1.82, 2.24) is 15.2 Å². The molecule has 0 aliphatic rings. The summed E-state index contributed by atoms with van der Waals surface area (Å²) in [5, 5.41) is 5.99. The van der Waals surface area contributed by atoms with E-state index < -0.39 is 0 Å². The van der Waals surface area contributed by atoms with Crippen molar-refractivity contribution in [2.24, 2.45) is 0 Å². The standard InChI is InChI=1S/C7H6O.C2H3N3/c8-6-7-4-2-1-3-5-7;1-3-2-5-4-1/h1-6H;1-2H,(H,3,4,5). The van der Waals surface area contributed by atoms with Crippen LogP contribution in [0.3, 0.4) is 0 Å². The predicted octanol–water partition coefficient (Wildman–Crippen LogP) is 1.30. The van der Waals surface area contributed by atoms with Crippen LogP contribution in [0, 0.1) is 0 Å². The Hall–Kier alpha value is -1.97. The number of benzene rings is 1. The second-order valence-corrected chi connectivity index (χ2v) is 2.18. The van der Waals surface area contributed by atoms with Crippen molar-refractivity contribution in [1.29, 1.82) is 0 Å². The van der Waals surface area contributed by atoms with E-state index in [1.54, 1.807) is 12.1 Å². The Kier molecular flexibility index (Phi) is 3.96. The molecule has 66 valence electrons. The number of rotatable bonds is 1. The van der Waals surface area contributed by atoms with E-state index in [4.69, 9.17) is 0 Å². The topological polar surface area (TPSA) is 58.6 Å². The second kappa shape index (κ2) is 5.65. The molecule has 1 heterocycles. The first-order chi connectivity index (χ1) is 6.43. The molecule has 0 bridgehead atoms. The average Bonchev–Trinajstić information content (AvgIpc) is 2.77. The highest BCUT2D eigenvalue weighted by molar-refractivity contribution is 5.74. The van der Waals surface area contributed by atoms with Gasteiger partial charge in [-0.3, -0.25) is 9.89 Å². The largest absolute Gasteiger partial charge is 0.298 e. The summed E-state index contributed by atoms with van der Waals surface area (Å²) >= 11 is 0. The Morgan fingerprint density at radius 1 is 1.23 bits per heavy atom. The van der Waals surface area contributed by atoms with E-state index in [9.17, 15) is 4.79 Å². The minimum absolute atomic E-state index is 0.729. The molecule has 2 rings (SSSR count). The third kappa shape index (κ3) is 3.81. The van der Waals surface area contributed by atoms with Crippen molar-refractivity contribution < 1.29 is 4.79 Å². The number of H-pyrrole nitrogens is 1. The van der Waals surface area contributed by atoms with Crippen LogP contribution in [0.25, 0.3) is 0 Å². The van der Waals surface area contributed by atoms with Gasteiger partial charge in [-0.15, -0.1) is 0 Å². The van der Waals surface area contributed by atoms with E-state index in [0.717, 1.165) is 11.8 Å². The molecule has 2 aromatic rings. The van der Waals surface area contributed by atoms with Crippen molar-refractivity contribution >= 4 is 6.29 Å². The van der Waals surface area contributed by atoms with E-state index in [1.165, 1.54) is 12.7 Å². The lowest BCUT2D eigenvalue weighted by atomic mass is 10.2. The molecule has 0 amide bonds. The molecule has 0 aliphatic heterocycles. The van der Waals surface area contributed by atoms with Crippen molar-refractivity contribution in [2.45, 2.75) is 0 Å². The van der Waals surface area contributed by atoms with Crippen molar-refractivity contribution in [3.63, 3.8) is 0 Å². The van der Waals surface area contributed by atoms with Crippen molar-refractivity contribution in [3.8, 4) is 0 Å². The molecule has 13 heavy (non-hydrogen) atoms. The number of aldehydes is 1.